The third-order valence-electron chi connectivity index (χ3n) is 5.51. The van der Waals surface area contributed by atoms with E-state index in [1.165, 1.54) is 12.8 Å². The molecule has 4 aliphatic rings. The number of rotatable bonds is 7. The van der Waals surface area contributed by atoms with Crippen LogP contribution < -0.4 is 0 Å². The highest BCUT2D eigenvalue weighted by Crippen LogP contribution is 2.40. The molecule has 0 radical (unpaired) electrons. The van der Waals surface area contributed by atoms with E-state index in [1.807, 2.05) is 0 Å². The van der Waals surface area contributed by atoms with Crippen molar-refractivity contribution in [3.8, 4) is 0 Å². The van der Waals surface area contributed by atoms with Gasteiger partial charge in [-0.3, -0.25) is 4.79 Å². The molecule has 2 saturated carbocycles. The molecule has 5 heteroatoms. The molecule has 4 fully saturated rings. The summed E-state index contributed by atoms with van der Waals surface area (Å²) >= 11 is 0. The lowest BCUT2D eigenvalue weighted by Crippen LogP contribution is -2.22. The molecule has 6 unspecified atom stereocenters. The summed E-state index contributed by atoms with van der Waals surface area (Å²) in [4.78, 5) is 11.7. The number of carbonyl (C=O) groups is 1. The Kier molecular flexibility index (Phi) is 4.38. The standard InChI is InChI=1S/C17H26O5/c18-17(20-10-12-2-4-14-16(8-12)22-14)5-6-19-9-11-1-3-13-15(7-11)21-13/h11-16H,1-10H2. The average molecular weight is 310 g/mol. The summed E-state index contributed by atoms with van der Waals surface area (Å²) in [6.07, 6.45) is 9.17. The van der Waals surface area contributed by atoms with Crippen LogP contribution in [0.5, 0.6) is 0 Å². The van der Waals surface area contributed by atoms with Gasteiger partial charge in [-0.05, 0) is 50.4 Å². The zero-order valence-corrected chi connectivity index (χ0v) is 13.1. The molecule has 4 rings (SSSR count). The second-order valence-electron chi connectivity index (χ2n) is 7.29. The first-order valence-electron chi connectivity index (χ1n) is 8.82. The van der Waals surface area contributed by atoms with Gasteiger partial charge in [-0.1, -0.05) is 0 Å². The normalized spacial score (nSPS) is 42.2. The van der Waals surface area contributed by atoms with E-state index in [9.17, 15) is 4.79 Å². The van der Waals surface area contributed by atoms with Crippen molar-refractivity contribution in [3.63, 3.8) is 0 Å². The van der Waals surface area contributed by atoms with Crippen LogP contribution >= 0.6 is 0 Å². The van der Waals surface area contributed by atoms with Gasteiger partial charge in [0.25, 0.3) is 0 Å². The predicted molar refractivity (Wildman–Crippen MR) is 78.4 cm³/mol. The minimum Gasteiger partial charge on any atom is -0.465 e. The lowest BCUT2D eigenvalue weighted by molar-refractivity contribution is -0.146. The molecule has 22 heavy (non-hydrogen) atoms. The van der Waals surface area contributed by atoms with Gasteiger partial charge in [0, 0.05) is 6.61 Å². The van der Waals surface area contributed by atoms with Crippen LogP contribution in [-0.2, 0) is 23.7 Å². The molecule has 2 aliphatic carbocycles. The Balaban J connectivity index is 1.03. The fraction of sp³-hybridized carbons (Fsp3) is 0.941. The molecule has 2 heterocycles. The molecule has 0 aromatic rings. The minimum absolute atomic E-state index is 0.131. The van der Waals surface area contributed by atoms with E-state index in [2.05, 4.69) is 0 Å². The van der Waals surface area contributed by atoms with E-state index >= 15 is 0 Å². The Morgan fingerprint density at radius 3 is 2.14 bits per heavy atom. The monoisotopic (exact) mass is 310 g/mol. The van der Waals surface area contributed by atoms with Gasteiger partial charge in [-0.2, -0.15) is 0 Å². The van der Waals surface area contributed by atoms with Gasteiger partial charge in [0.2, 0.25) is 0 Å². The van der Waals surface area contributed by atoms with Gasteiger partial charge in [0.1, 0.15) is 0 Å². The van der Waals surface area contributed by atoms with Crippen molar-refractivity contribution in [2.24, 2.45) is 11.8 Å². The van der Waals surface area contributed by atoms with Crippen molar-refractivity contribution in [2.75, 3.05) is 19.8 Å². The molecular formula is C17H26O5. The van der Waals surface area contributed by atoms with Gasteiger partial charge in [-0.15, -0.1) is 0 Å². The van der Waals surface area contributed by atoms with Crippen molar-refractivity contribution in [2.45, 2.75) is 69.4 Å². The molecule has 124 valence electrons. The summed E-state index contributed by atoms with van der Waals surface area (Å²) in [7, 11) is 0. The topological polar surface area (TPSA) is 60.6 Å². The third-order valence-corrected chi connectivity index (χ3v) is 5.51. The zero-order chi connectivity index (χ0) is 14.9. The molecule has 0 aromatic carbocycles. The number of carbonyl (C=O) groups excluding carboxylic acids is 1. The van der Waals surface area contributed by atoms with Crippen LogP contribution in [0.1, 0.15) is 44.9 Å². The summed E-state index contributed by atoms with van der Waals surface area (Å²) in [6, 6.07) is 0. The second kappa shape index (κ2) is 6.46. The first-order valence-corrected chi connectivity index (χ1v) is 8.82. The Labute approximate surface area is 131 Å². The van der Waals surface area contributed by atoms with E-state index in [0.717, 1.165) is 32.3 Å². The average Bonchev–Trinajstić information content (AvgIpc) is 3.42. The molecule has 5 nitrogen and oxygen atoms in total. The van der Waals surface area contributed by atoms with Gasteiger partial charge >= 0.3 is 5.97 Å². The maximum atomic E-state index is 11.7. The van der Waals surface area contributed by atoms with E-state index in [0.29, 0.717) is 55.9 Å². The maximum absolute atomic E-state index is 11.7. The van der Waals surface area contributed by atoms with Crippen molar-refractivity contribution < 1.29 is 23.7 Å². The van der Waals surface area contributed by atoms with Crippen LogP contribution in [0.15, 0.2) is 0 Å². The minimum atomic E-state index is -0.131. The number of hydrogen-bond acceptors (Lipinski definition) is 5. The van der Waals surface area contributed by atoms with E-state index in [-0.39, 0.29) is 5.97 Å². The Hall–Kier alpha value is -0.650. The smallest absolute Gasteiger partial charge is 0.308 e. The van der Waals surface area contributed by atoms with E-state index in [1.54, 1.807) is 0 Å². The van der Waals surface area contributed by atoms with E-state index in [4.69, 9.17) is 18.9 Å². The first-order chi connectivity index (χ1) is 10.8. The summed E-state index contributed by atoms with van der Waals surface area (Å²) in [6.45, 7) is 1.78. The van der Waals surface area contributed by atoms with Crippen LogP contribution in [0, 0.1) is 11.8 Å². The molecule has 0 amide bonds. The highest BCUT2D eigenvalue weighted by molar-refractivity contribution is 5.69. The van der Waals surface area contributed by atoms with Crippen LogP contribution in [0.4, 0.5) is 0 Å². The van der Waals surface area contributed by atoms with Crippen molar-refractivity contribution in [1.29, 1.82) is 0 Å². The van der Waals surface area contributed by atoms with Crippen LogP contribution in [0.2, 0.25) is 0 Å². The van der Waals surface area contributed by atoms with Gasteiger partial charge in [-0.25, -0.2) is 0 Å². The van der Waals surface area contributed by atoms with Crippen LogP contribution in [0.3, 0.4) is 0 Å². The molecule has 0 spiro atoms. The lowest BCUT2D eigenvalue weighted by Gasteiger charge is -2.19. The fourth-order valence-corrected chi connectivity index (χ4v) is 3.96. The maximum Gasteiger partial charge on any atom is 0.308 e. The summed E-state index contributed by atoms with van der Waals surface area (Å²) in [5.41, 5.74) is 0. The summed E-state index contributed by atoms with van der Waals surface area (Å²) < 4.78 is 22.0. The number of hydrogen-bond donors (Lipinski definition) is 0. The highest BCUT2D eigenvalue weighted by Gasteiger charge is 2.44. The van der Waals surface area contributed by atoms with Crippen molar-refractivity contribution >= 4 is 5.97 Å². The number of epoxide rings is 2. The Morgan fingerprint density at radius 1 is 0.864 bits per heavy atom. The largest absolute Gasteiger partial charge is 0.465 e. The van der Waals surface area contributed by atoms with Gasteiger partial charge < -0.3 is 18.9 Å². The number of fused-ring (bicyclic) bond motifs is 2. The first kappa shape index (κ1) is 14.9. The molecular weight excluding hydrogens is 284 g/mol. The molecule has 0 N–H and O–H groups in total. The number of ether oxygens (including phenoxy) is 4. The van der Waals surface area contributed by atoms with Gasteiger partial charge in [0.05, 0.1) is 44.1 Å². The molecule has 2 saturated heterocycles. The van der Waals surface area contributed by atoms with E-state index < -0.39 is 0 Å². The summed E-state index contributed by atoms with van der Waals surface area (Å²) in [5.74, 6) is 0.962. The van der Waals surface area contributed by atoms with Crippen LogP contribution in [0.25, 0.3) is 0 Å². The molecule has 0 aromatic heterocycles. The lowest BCUT2D eigenvalue weighted by atomic mass is 9.90. The molecule has 2 aliphatic heterocycles. The summed E-state index contributed by atoms with van der Waals surface area (Å²) in [5, 5.41) is 0. The number of esters is 1. The highest BCUT2D eigenvalue weighted by atomic mass is 16.6. The Morgan fingerprint density at radius 2 is 1.50 bits per heavy atom. The van der Waals surface area contributed by atoms with Crippen molar-refractivity contribution in [1.82, 2.24) is 0 Å². The predicted octanol–water partition coefficient (Wildman–Crippen LogP) is 2.07. The quantitative estimate of drug-likeness (QED) is 0.409. The SMILES string of the molecule is O=C(CCOCC1CCC2OC2C1)OCC1CCC2OC2C1. The zero-order valence-electron chi connectivity index (χ0n) is 13.1. The van der Waals surface area contributed by atoms with Gasteiger partial charge in [0.15, 0.2) is 0 Å². The third kappa shape index (κ3) is 3.81. The van der Waals surface area contributed by atoms with Crippen molar-refractivity contribution in [3.05, 3.63) is 0 Å². The molecule has 0 bridgehead atoms. The molecule has 6 atom stereocenters. The van der Waals surface area contributed by atoms with Crippen LogP contribution in [-0.4, -0.2) is 50.2 Å². The second-order valence-corrected chi connectivity index (χ2v) is 7.29. The fourth-order valence-electron chi connectivity index (χ4n) is 3.96. The Bertz CT molecular complexity index is 412.